The van der Waals surface area contributed by atoms with Gasteiger partial charge in [-0.05, 0) is 26.8 Å². The Morgan fingerprint density at radius 1 is 1.35 bits per heavy atom. The molecule has 2 heterocycles. The van der Waals surface area contributed by atoms with Crippen LogP contribution in [-0.4, -0.2) is 27.2 Å². The van der Waals surface area contributed by atoms with E-state index < -0.39 is 0 Å². The highest BCUT2D eigenvalue weighted by atomic mass is 32.1. The lowest BCUT2D eigenvalue weighted by molar-refractivity contribution is 0.0955. The van der Waals surface area contributed by atoms with Crippen molar-refractivity contribution < 1.29 is 4.79 Å². The molecule has 1 amide bonds. The third kappa shape index (κ3) is 3.30. The normalized spacial score (nSPS) is 10.6. The summed E-state index contributed by atoms with van der Waals surface area (Å²) in [6.07, 6.45) is 0. The molecule has 20 heavy (non-hydrogen) atoms. The molecule has 0 aliphatic carbocycles. The van der Waals surface area contributed by atoms with Crippen LogP contribution in [0.2, 0.25) is 0 Å². The summed E-state index contributed by atoms with van der Waals surface area (Å²) in [6, 6.07) is 3.14. The van der Waals surface area contributed by atoms with Crippen LogP contribution in [0.25, 0.3) is 0 Å². The molecule has 0 unspecified atom stereocenters. The first kappa shape index (κ1) is 14.4. The van der Waals surface area contributed by atoms with Crippen molar-refractivity contribution in [1.29, 1.82) is 0 Å². The maximum Gasteiger partial charge on any atom is 0.266 e. The molecule has 0 spiro atoms. The van der Waals surface area contributed by atoms with Crippen LogP contribution in [0.3, 0.4) is 0 Å². The zero-order valence-corrected chi connectivity index (χ0v) is 12.5. The Morgan fingerprint density at radius 2 is 2.10 bits per heavy atom. The van der Waals surface area contributed by atoms with Gasteiger partial charge in [-0.2, -0.15) is 5.10 Å². The van der Waals surface area contributed by atoms with Crippen LogP contribution in [0.15, 0.2) is 16.9 Å². The number of nitrogens with zero attached hydrogens (tertiary/aromatic N) is 3. The first-order valence-corrected chi connectivity index (χ1v) is 7.06. The van der Waals surface area contributed by atoms with E-state index in [1.165, 1.54) is 22.1 Å². The fourth-order valence-corrected chi connectivity index (χ4v) is 2.64. The van der Waals surface area contributed by atoms with E-state index in [4.69, 9.17) is 0 Å². The Morgan fingerprint density at radius 3 is 2.75 bits per heavy atom. The average Bonchev–Trinajstić information content (AvgIpc) is 2.72. The Balaban J connectivity index is 1.96. The Bertz CT molecular complexity index is 690. The molecule has 0 aromatic carbocycles. The van der Waals surface area contributed by atoms with E-state index in [-0.39, 0.29) is 11.5 Å². The summed E-state index contributed by atoms with van der Waals surface area (Å²) < 4.78 is 1.35. The van der Waals surface area contributed by atoms with Gasteiger partial charge in [0.1, 0.15) is 4.88 Å². The number of carbonyl (C=O) groups is 1. The summed E-state index contributed by atoms with van der Waals surface area (Å²) in [6.45, 7) is 6.20. The Kier molecular flexibility index (Phi) is 4.29. The van der Waals surface area contributed by atoms with Crippen LogP contribution in [0, 0.1) is 20.8 Å². The maximum absolute atomic E-state index is 12.0. The monoisotopic (exact) mass is 292 g/mol. The standard InChI is InChI=1S/C13H16N4O2S/c1-8-4-5-11(18)17(16-8)7-6-14-13(19)12-9(2)15-10(3)20-12/h4-5H,6-7H2,1-3H3,(H,14,19). The molecule has 7 heteroatoms. The SMILES string of the molecule is Cc1ccc(=O)n(CCNC(=O)c2sc(C)nc2C)n1. The van der Waals surface area contributed by atoms with E-state index >= 15 is 0 Å². The number of carbonyl (C=O) groups excluding carboxylic acids is 1. The second-order valence-corrected chi connectivity index (χ2v) is 5.64. The van der Waals surface area contributed by atoms with Crippen LogP contribution < -0.4 is 10.9 Å². The van der Waals surface area contributed by atoms with Crippen molar-refractivity contribution >= 4 is 17.2 Å². The maximum atomic E-state index is 12.0. The highest BCUT2D eigenvalue weighted by Gasteiger charge is 2.13. The summed E-state index contributed by atoms with van der Waals surface area (Å²) in [5.41, 5.74) is 1.33. The minimum absolute atomic E-state index is 0.159. The van der Waals surface area contributed by atoms with Crippen molar-refractivity contribution in [3.05, 3.63) is 43.8 Å². The van der Waals surface area contributed by atoms with Crippen molar-refractivity contribution in [2.24, 2.45) is 0 Å². The number of rotatable bonds is 4. The fraction of sp³-hybridized carbons (Fsp3) is 0.385. The van der Waals surface area contributed by atoms with Gasteiger partial charge < -0.3 is 5.32 Å². The number of hydrogen-bond acceptors (Lipinski definition) is 5. The molecule has 6 nitrogen and oxygen atoms in total. The van der Waals surface area contributed by atoms with E-state index in [1.807, 2.05) is 20.8 Å². The number of amides is 1. The molecule has 0 bridgehead atoms. The number of hydrogen-bond donors (Lipinski definition) is 1. The predicted octanol–water partition coefficient (Wildman–Crippen LogP) is 1.06. The van der Waals surface area contributed by atoms with Crippen LogP contribution >= 0.6 is 11.3 Å². The summed E-state index contributed by atoms with van der Waals surface area (Å²) >= 11 is 1.37. The zero-order valence-electron chi connectivity index (χ0n) is 11.6. The van der Waals surface area contributed by atoms with Gasteiger partial charge in [0.05, 0.1) is 22.9 Å². The van der Waals surface area contributed by atoms with Gasteiger partial charge in [0.2, 0.25) is 0 Å². The first-order chi connectivity index (χ1) is 9.47. The summed E-state index contributed by atoms with van der Waals surface area (Å²) in [5.74, 6) is -0.159. The molecule has 0 fully saturated rings. The zero-order chi connectivity index (χ0) is 14.7. The fourth-order valence-electron chi connectivity index (χ4n) is 1.81. The molecule has 0 saturated heterocycles. The first-order valence-electron chi connectivity index (χ1n) is 6.24. The average molecular weight is 292 g/mol. The second-order valence-electron chi connectivity index (χ2n) is 4.44. The third-order valence-corrected chi connectivity index (χ3v) is 3.79. The number of thiazole rings is 1. The van der Waals surface area contributed by atoms with Gasteiger partial charge in [-0.1, -0.05) is 0 Å². The molecule has 106 valence electrons. The summed E-state index contributed by atoms with van der Waals surface area (Å²) in [4.78, 5) is 28.4. The van der Waals surface area contributed by atoms with Crippen molar-refractivity contribution in [2.75, 3.05) is 6.54 Å². The van der Waals surface area contributed by atoms with Crippen LogP contribution in [-0.2, 0) is 6.54 Å². The molecule has 0 radical (unpaired) electrons. The van der Waals surface area contributed by atoms with Crippen LogP contribution in [0.4, 0.5) is 0 Å². The van der Waals surface area contributed by atoms with Crippen LogP contribution in [0.5, 0.6) is 0 Å². The second kappa shape index (κ2) is 5.96. The van der Waals surface area contributed by atoms with E-state index in [1.54, 1.807) is 6.07 Å². The highest BCUT2D eigenvalue weighted by Crippen LogP contribution is 2.16. The lowest BCUT2D eigenvalue weighted by atomic mass is 10.3. The van der Waals surface area contributed by atoms with Crippen molar-refractivity contribution in [3.8, 4) is 0 Å². The molecule has 2 rings (SSSR count). The highest BCUT2D eigenvalue weighted by molar-refractivity contribution is 7.13. The molecule has 0 aliphatic rings. The van der Waals surface area contributed by atoms with E-state index in [0.29, 0.717) is 18.0 Å². The van der Waals surface area contributed by atoms with Gasteiger partial charge in [0.25, 0.3) is 11.5 Å². The molecular weight excluding hydrogens is 276 g/mol. The lowest BCUT2D eigenvalue weighted by Gasteiger charge is -2.06. The van der Waals surface area contributed by atoms with Crippen molar-refractivity contribution in [1.82, 2.24) is 20.1 Å². The van der Waals surface area contributed by atoms with Gasteiger partial charge in [0, 0.05) is 12.6 Å². The molecule has 0 aliphatic heterocycles. The van der Waals surface area contributed by atoms with E-state index in [2.05, 4.69) is 15.4 Å². The van der Waals surface area contributed by atoms with Crippen molar-refractivity contribution in [2.45, 2.75) is 27.3 Å². The smallest absolute Gasteiger partial charge is 0.266 e. The Hall–Kier alpha value is -2.02. The minimum atomic E-state index is -0.172. The Labute approximate surface area is 120 Å². The van der Waals surface area contributed by atoms with Gasteiger partial charge in [-0.3, -0.25) is 9.59 Å². The summed E-state index contributed by atoms with van der Waals surface area (Å²) in [5, 5.41) is 7.75. The quantitative estimate of drug-likeness (QED) is 0.914. The van der Waals surface area contributed by atoms with Gasteiger partial charge in [-0.15, -0.1) is 11.3 Å². The topological polar surface area (TPSA) is 76.9 Å². The molecule has 2 aromatic heterocycles. The van der Waals surface area contributed by atoms with E-state index in [9.17, 15) is 9.59 Å². The van der Waals surface area contributed by atoms with E-state index in [0.717, 1.165) is 16.4 Å². The number of aryl methyl sites for hydroxylation is 3. The molecular formula is C13H16N4O2S. The van der Waals surface area contributed by atoms with Gasteiger partial charge >= 0.3 is 0 Å². The van der Waals surface area contributed by atoms with Crippen LogP contribution in [0.1, 0.15) is 26.1 Å². The molecule has 0 atom stereocenters. The third-order valence-electron chi connectivity index (χ3n) is 2.72. The lowest BCUT2D eigenvalue weighted by Crippen LogP contribution is -2.31. The molecule has 0 saturated carbocycles. The van der Waals surface area contributed by atoms with Gasteiger partial charge in [-0.25, -0.2) is 9.67 Å². The summed E-state index contributed by atoms with van der Waals surface area (Å²) in [7, 11) is 0. The van der Waals surface area contributed by atoms with Crippen molar-refractivity contribution in [3.63, 3.8) is 0 Å². The largest absolute Gasteiger partial charge is 0.349 e. The predicted molar refractivity (Wildman–Crippen MR) is 77.2 cm³/mol. The van der Waals surface area contributed by atoms with Gasteiger partial charge in [0.15, 0.2) is 0 Å². The number of aromatic nitrogens is 3. The molecule has 2 aromatic rings. The molecule has 1 N–H and O–H groups in total. The minimum Gasteiger partial charge on any atom is -0.349 e. The number of nitrogens with one attached hydrogen (secondary N) is 1.